The van der Waals surface area contributed by atoms with Crippen LogP contribution in [0.1, 0.15) is 78.1 Å². The first-order valence-electron chi connectivity index (χ1n) is 10.8. The van der Waals surface area contributed by atoms with E-state index >= 15 is 0 Å². The molecule has 1 heterocycles. The van der Waals surface area contributed by atoms with E-state index in [-0.39, 0.29) is 36.3 Å². The summed E-state index contributed by atoms with van der Waals surface area (Å²) in [5.41, 5.74) is -0.570. The highest BCUT2D eigenvalue weighted by molar-refractivity contribution is 5.89. The summed E-state index contributed by atoms with van der Waals surface area (Å²) in [6.07, 6.45) is 10.5. The summed E-state index contributed by atoms with van der Waals surface area (Å²) in [5.74, 6) is 1.23. The normalized spacial score (nSPS) is 36.5. The van der Waals surface area contributed by atoms with Gasteiger partial charge in [-0.2, -0.15) is 0 Å². The third-order valence-electron chi connectivity index (χ3n) is 7.11. The fourth-order valence-corrected chi connectivity index (χ4v) is 5.12. The van der Waals surface area contributed by atoms with Crippen molar-refractivity contribution < 1.29 is 9.59 Å². The molecule has 2 amide bonds. The lowest BCUT2D eigenvalue weighted by atomic mass is 9.79. The molecule has 0 aromatic carbocycles. The van der Waals surface area contributed by atoms with Crippen molar-refractivity contribution in [2.24, 2.45) is 17.3 Å². The molecule has 0 aromatic heterocycles. The molecule has 1 saturated heterocycles. The molecule has 3 aliphatic rings. The van der Waals surface area contributed by atoms with Crippen LogP contribution < -0.4 is 16.0 Å². The average Bonchev–Trinajstić information content (AvgIpc) is 3.08. The van der Waals surface area contributed by atoms with Gasteiger partial charge >= 0.3 is 0 Å². The molecule has 3 rings (SSSR count). The van der Waals surface area contributed by atoms with Gasteiger partial charge in [0.15, 0.2) is 0 Å². The zero-order valence-corrected chi connectivity index (χ0v) is 17.8. The van der Waals surface area contributed by atoms with Crippen LogP contribution in [-0.2, 0) is 9.59 Å². The number of hydrogen-bond donors (Lipinski definition) is 3. The molecule has 0 radical (unpaired) electrons. The van der Waals surface area contributed by atoms with Crippen LogP contribution in [0, 0.1) is 17.3 Å². The molecule has 0 aromatic rings. The lowest BCUT2D eigenvalue weighted by Crippen LogP contribution is -2.52. The van der Waals surface area contributed by atoms with E-state index in [1.807, 2.05) is 0 Å². The number of halogens is 1. The maximum absolute atomic E-state index is 13.1. The summed E-state index contributed by atoms with van der Waals surface area (Å²) >= 11 is 0. The zero-order valence-electron chi connectivity index (χ0n) is 17.0. The van der Waals surface area contributed by atoms with Gasteiger partial charge < -0.3 is 16.0 Å². The third-order valence-corrected chi connectivity index (χ3v) is 7.11. The van der Waals surface area contributed by atoms with Gasteiger partial charge in [-0.3, -0.25) is 9.59 Å². The second-order valence-electron chi connectivity index (χ2n) is 9.16. The number of carbonyl (C=O) groups is 2. The molecule has 5 atom stereocenters. The molecule has 5 nitrogen and oxygen atoms in total. The average molecular weight is 400 g/mol. The first kappa shape index (κ1) is 22.5. The molecule has 3 fully saturated rings. The molecule has 2 saturated carbocycles. The lowest BCUT2D eigenvalue weighted by molar-refractivity contribution is -0.137. The Morgan fingerprint density at radius 2 is 1.48 bits per heavy atom. The Kier molecular flexibility index (Phi) is 8.41. The van der Waals surface area contributed by atoms with Gasteiger partial charge in [-0.25, -0.2) is 0 Å². The highest BCUT2D eigenvalue weighted by Gasteiger charge is 2.44. The Hall–Kier alpha value is -0.810. The summed E-state index contributed by atoms with van der Waals surface area (Å²) in [5, 5.41) is 9.87. The first-order chi connectivity index (χ1) is 12.5. The van der Waals surface area contributed by atoms with Crippen molar-refractivity contribution in [2.45, 2.75) is 90.1 Å². The predicted molar refractivity (Wildman–Crippen MR) is 111 cm³/mol. The van der Waals surface area contributed by atoms with Gasteiger partial charge in [-0.15, -0.1) is 12.4 Å². The molecular formula is C21H38ClN3O2. The molecule has 3 N–H and O–H groups in total. The van der Waals surface area contributed by atoms with Crippen molar-refractivity contribution in [1.82, 2.24) is 16.0 Å². The van der Waals surface area contributed by atoms with E-state index in [0.29, 0.717) is 24.8 Å². The van der Waals surface area contributed by atoms with Gasteiger partial charge in [0.25, 0.3) is 0 Å². The van der Waals surface area contributed by atoms with Crippen LogP contribution in [0.5, 0.6) is 0 Å². The van der Waals surface area contributed by atoms with E-state index in [4.69, 9.17) is 0 Å². The quantitative estimate of drug-likeness (QED) is 0.665. The number of amides is 2. The van der Waals surface area contributed by atoms with E-state index in [0.717, 1.165) is 25.8 Å². The van der Waals surface area contributed by atoms with E-state index < -0.39 is 5.41 Å². The van der Waals surface area contributed by atoms with Crippen LogP contribution in [0.3, 0.4) is 0 Å². The van der Waals surface area contributed by atoms with Gasteiger partial charge in [0.2, 0.25) is 11.8 Å². The second kappa shape index (κ2) is 10.1. The minimum atomic E-state index is -0.570. The van der Waals surface area contributed by atoms with Crippen LogP contribution in [0.15, 0.2) is 0 Å². The van der Waals surface area contributed by atoms with Crippen LogP contribution in [-0.4, -0.2) is 37.0 Å². The standard InChI is InChI=1S/C21H37N3O2.ClH/c1-15-7-3-5-9-17(15)23-19(25)13-21(11-12-22-14-21)20(26)24-18-10-6-4-8-16(18)2;/h15-18,22H,3-14H2,1-2H3,(H,23,25)(H,24,26);1H. The summed E-state index contributed by atoms with van der Waals surface area (Å²) in [4.78, 5) is 25.9. The van der Waals surface area contributed by atoms with E-state index in [1.54, 1.807) is 0 Å². The largest absolute Gasteiger partial charge is 0.353 e. The van der Waals surface area contributed by atoms with Gasteiger partial charge in [-0.05, 0) is 50.5 Å². The molecule has 1 aliphatic heterocycles. The Balaban J connectivity index is 0.00000261. The Morgan fingerprint density at radius 3 is 2.00 bits per heavy atom. The van der Waals surface area contributed by atoms with Crippen molar-refractivity contribution in [1.29, 1.82) is 0 Å². The Labute approximate surface area is 170 Å². The number of rotatable bonds is 5. The van der Waals surface area contributed by atoms with Crippen molar-refractivity contribution in [2.75, 3.05) is 13.1 Å². The van der Waals surface area contributed by atoms with Gasteiger partial charge in [0, 0.05) is 25.0 Å². The monoisotopic (exact) mass is 399 g/mol. The van der Waals surface area contributed by atoms with Crippen LogP contribution in [0.4, 0.5) is 0 Å². The second-order valence-corrected chi connectivity index (χ2v) is 9.16. The Bertz CT molecular complexity index is 508. The van der Waals surface area contributed by atoms with E-state index in [9.17, 15) is 9.59 Å². The van der Waals surface area contributed by atoms with Crippen molar-refractivity contribution in [3.8, 4) is 0 Å². The van der Waals surface area contributed by atoms with Gasteiger partial charge in [0.1, 0.15) is 0 Å². The molecule has 156 valence electrons. The van der Waals surface area contributed by atoms with E-state index in [2.05, 4.69) is 29.8 Å². The van der Waals surface area contributed by atoms with Crippen LogP contribution in [0.2, 0.25) is 0 Å². The molecule has 2 aliphatic carbocycles. The highest BCUT2D eigenvalue weighted by atomic mass is 35.5. The minimum Gasteiger partial charge on any atom is -0.353 e. The fourth-order valence-electron chi connectivity index (χ4n) is 5.12. The maximum Gasteiger partial charge on any atom is 0.228 e. The number of nitrogens with one attached hydrogen (secondary N) is 3. The van der Waals surface area contributed by atoms with Gasteiger partial charge in [-0.1, -0.05) is 39.5 Å². The van der Waals surface area contributed by atoms with Crippen molar-refractivity contribution >= 4 is 24.2 Å². The summed E-state index contributed by atoms with van der Waals surface area (Å²) in [6.45, 7) is 5.91. The van der Waals surface area contributed by atoms with E-state index in [1.165, 1.54) is 38.5 Å². The first-order valence-corrected chi connectivity index (χ1v) is 10.8. The third kappa shape index (κ3) is 5.60. The van der Waals surface area contributed by atoms with Crippen molar-refractivity contribution in [3.05, 3.63) is 0 Å². The molecule has 6 heteroatoms. The SMILES string of the molecule is CC1CCCCC1NC(=O)CC1(C(=O)NC2CCCCC2C)CCNC1.Cl. The minimum absolute atomic E-state index is 0. The molecule has 5 unspecified atom stereocenters. The smallest absolute Gasteiger partial charge is 0.228 e. The topological polar surface area (TPSA) is 70.2 Å². The molecule has 0 spiro atoms. The van der Waals surface area contributed by atoms with Crippen LogP contribution in [0.25, 0.3) is 0 Å². The number of carbonyl (C=O) groups excluding carboxylic acids is 2. The lowest BCUT2D eigenvalue weighted by Gasteiger charge is -2.35. The predicted octanol–water partition coefficient (Wildman–Crippen LogP) is 3.17. The Morgan fingerprint density at radius 1 is 0.926 bits per heavy atom. The van der Waals surface area contributed by atoms with Crippen molar-refractivity contribution in [3.63, 3.8) is 0 Å². The summed E-state index contributed by atoms with van der Waals surface area (Å²) in [7, 11) is 0. The zero-order chi connectivity index (χ0) is 18.6. The molecular weight excluding hydrogens is 362 g/mol. The molecule has 27 heavy (non-hydrogen) atoms. The summed E-state index contributed by atoms with van der Waals surface area (Å²) in [6, 6.07) is 0.555. The summed E-state index contributed by atoms with van der Waals surface area (Å²) < 4.78 is 0. The fraction of sp³-hybridized carbons (Fsp3) is 0.905. The maximum atomic E-state index is 13.1. The number of hydrogen-bond acceptors (Lipinski definition) is 3. The molecule has 0 bridgehead atoms. The van der Waals surface area contributed by atoms with Gasteiger partial charge in [0.05, 0.1) is 5.41 Å². The van der Waals surface area contributed by atoms with Crippen LogP contribution >= 0.6 is 12.4 Å². The highest BCUT2D eigenvalue weighted by Crippen LogP contribution is 2.32.